The van der Waals surface area contributed by atoms with Crippen molar-refractivity contribution in [3.8, 4) is 0 Å². The number of hydrogen-bond donors (Lipinski definition) is 0. The van der Waals surface area contributed by atoms with Gasteiger partial charge in [-0.1, -0.05) is 67.8 Å². The van der Waals surface area contributed by atoms with Gasteiger partial charge in [-0.3, -0.25) is 4.79 Å². The van der Waals surface area contributed by atoms with Crippen molar-refractivity contribution in [3.63, 3.8) is 0 Å². The maximum Gasteiger partial charge on any atom is 0.238 e. The van der Waals surface area contributed by atoms with Gasteiger partial charge in [0.2, 0.25) is 15.9 Å². The monoisotopic (exact) mass is 526 g/mol. The molecule has 36 heavy (non-hydrogen) atoms. The van der Waals surface area contributed by atoms with Crippen LogP contribution < -0.4 is 0 Å². The maximum absolute atomic E-state index is 13.6. The second kappa shape index (κ2) is 12.4. The predicted molar refractivity (Wildman–Crippen MR) is 143 cm³/mol. The molecule has 0 bridgehead atoms. The fourth-order valence-electron chi connectivity index (χ4n) is 4.47. The van der Waals surface area contributed by atoms with Gasteiger partial charge in [0, 0.05) is 22.9 Å². The summed E-state index contributed by atoms with van der Waals surface area (Å²) in [5.41, 5.74) is 1.57. The Hall–Kier alpha value is -2.81. The van der Waals surface area contributed by atoms with Crippen LogP contribution in [-0.2, 0) is 27.9 Å². The highest BCUT2D eigenvalue weighted by molar-refractivity contribution is 7.92. The normalized spacial score (nSPS) is 14.9. The van der Waals surface area contributed by atoms with Crippen LogP contribution in [0.2, 0.25) is 0 Å². The molecular weight excluding hydrogens is 495 g/mol. The number of halogens is 1. The van der Waals surface area contributed by atoms with Crippen molar-refractivity contribution >= 4 is 33.3 Å². The van der Waals surface area contributed by atoms with Gasteiger partial charge >= 0.3 is 0 Å². The van der Waals surface area contributed by atoms with E-state index in [2.05, 4.69) is 0 Å². The lowest BCUT2D eigenvalue weighted by Gasteiger charge is -2.33. The number of rotatable bonds is 10. The van der Waals surface area contributed by atoms with Gasteiger partial charge < -0.3 is 4.90 Å². The minimum atomic E-state index is -3.83. The zero-order valence-electron chi connectivity index (χ0n) is 20.1. The third kappa shape index (κ3) is 7.35. The van der Waals surface area contributed by atoms with E-state index in [1.165, 1.54) is 21.8 Å². The summed E-state index contributed by atoms with van der Waals surface area (Å²) >= 11 is 1.54. The fourth-order valence-corrected chi connectivity index (χ4v) is 6.59. The Kier molecular flexibility index (Phi) is 9.07. The van der Waals surface area contributed by atoms with Gasteiger partial charge in [0.1, 0.15) is 5.82 Å². The number of sulfonamides is 1. The zero-order chi connectivity index (χ0) is 25.4. The Morgan fingerprint density at radius 1 is 0.944 bits per heavy atom. The van der Waals surface area contributed by atoms with Gasteiger partial charge in [-0.15, -0.1) is 11.3 Å². The molecule has 1 amide bonds. The molecule has 0 spiro atoms. The number of amides is 1. The summed E-state index contributed by atoms with van der Waals surface area (Å²) in [7, 11) is -3.83. The zero-order valence-corrected chi connectivity index (χ0v) is 21.8. The highest BCUT2D eigenvalue weighted by Crippen LogP contribution is 2.26. The van der Waals surface area contributed by atoms with Crippen molar-refractivity contribution in [3.05, 3.63) is 99.3 Å². The Morgan fingerprint density at radius 3 is 2.33 bits per heavy atom. The molecule has 1 aromatic heterocycles. The summed E-state index contributed by atoms with van der Waals surface area (Å²) in [4.78, 5) is 16.3. The molecule has 0 atom stereocenters. The average Bonchev–Trinajstić information content (AvgIpc) is 3.41. The maximum atomic E-state index is 13.6. The Morgan fingerprint density at radius 2 is 1.67 bits per heavy atom. The molecule has 0 N–H and O–H groups in total. The first-order valence-electron chi connectivity index (χ1n) is 12.2. The summed E-state index contributed by atoms with van der Waals surface area (Å²) in [6.07, 6.45) is 6.04. The highest BCUT2D eigenvalue weighted by atomic mass is 32.2. The summed E-state index contributed by atoms with van der Waals surface area (Å²) < 4.78 is 41.8. The van der Waals surface area contributed by atoms with Crippen molar-refractivity contribution < 1.29 is 17.6 Å². The molecule has 1 aliphatic rings. The van der Waals surface area contributed by atoms with Crippen LogP contribution in [-0.4, -0.2) is 36.1 Å². The summed E-state index contributed by atoms with van der Waals surface area (Å²) in [6.45, 7) is 0.417. The van der Waals surface area contributed by atoms with Gasteiger partial charge in [-0.2, -0.15) is 4.31 Å². The van der Waals surface area contributed by atoms with E-state index in [9.17, 15) is 17.6 Å². The molecule has 1 aliphatic carbocycles. The van der Waals surface area contributed by atoms with Crippen molar-refractivity contribution in [1.29, 1.82) is 0 Å². The molecule has 4 rings (SSSR count). The number of carbonyl (C=O) groups is 1. The smallest absolute Gasteiger partial charge is 0.238 e. The van der Waals surface area contributed by atoms with Crippen molar-refractivity contribution in [2.24, 2.45) is 0 Å². The molecule has 1 saturated carbocycles. The summed E-state index contributed by atoms with van der Waals surface area (Å²) in [5, 5.41) is 3.16. The molecule has 8 heteroatoms. The second-order valence-corrected chi connectivity index (χ2v) is 11.9. The quantitative estimate of drug-likeness (QED) is 0.323. The first-order chi connectivity index (χ1) is 17.4. The SMILES string of the molecule is O=C(CN(C1CCCCC1)S(=O)(=O)/C=C/c1ccccc1)N(Cc1ccc(F)cc1)Cc1cccs1. The van der Waals surface area contributed by atoms with E-state index in [1.54, 1.807) is 34.4 Å². The largest absolute Gasteiger partial charge is 0.332 e. The lowest BCUT2D eigenvalue weighted by atomic mass is 9.95. The minimum absolute atomic E-state index is 0.206. The van der Waals surface area contributed by atoms with E-state index in [-0.39, 0.29) is 30.9 Å². The fraction of sp³-hybridized carbons (Fsp3) is 0.321. The predicted octanol–water partition coefficient (Wildman–Crippen LogP) is 6.05. The number of benzene rings is 2. The van der Waals surface area contributed by atoms with Crippen LogP contribution in [0.4, 0.5) is 4.39 Å². The average molecular weight is 527 g/mol. The van der Waals surface area contributed by atoms with Gasteiger partial charge in [0.15, 0.2) is 0 Å². The Balaban J connectivity index is 1.58. The molecule has 0 radical (unpaired) electrons. The Bertz CT molecular complexity index is 1240. The van der Waals surface area contributed by atoms with Crippen LogP contribution in [0, 0.1) is 5.82 Å². The van der Waals surface area contributed by atoms with E-state index < -0.39 is 10.0 Å². The van der Waals surface area contributed by atoms with Crippen molar-refractivity contribution in [2.45, 2.75) is 51.2 Å². The highest BCUT2D eigenvalue weighted by Gasteiger charge is 2.32. The van der Waals surface area contributed by atoms with Gasteiger partial charge in [-0.25, -0.2) is 12.8 Å². The second-order valence-electron chi connectivity index (χ2n) is 9.05. The molecule has 0 saturated heterocycles. The van der Waals surface area contributed by atoms with Crippen LogP contribution in [0.15, 0.2) is 77.5 Å². The number of hydrogen-bond acceptors (Lipinski definition) is 4. The van der Waals surface area contributed by atoms with Crippen molar-refractivity contribution in [2.75, 3.05) is 6.54 Å². The molecule has 0 unspecified atom stereocenters. The topological polar surface area (TPSA) is 57.7 Å². The van der Waals surface area contributed by atoms with Crippen LogP contribution in [0.25, 0.3) is 6.08 Å². The Labute approximate surface area is 216 Å². The first-order valence-corrected chi connectivity index (χ1v) is 14.6. The van der Waals surface area contributed by atoms with E-state index in [1.807, 2.05) is 47.8 Å². The van der Waals surface area contributed by atoms with Gasteiger partial charge in [-0.05, 0) is 53.6 Å². The third-order valence-electron chi connectivity index (χ3n) is 6.40. The van der Waals surface area contributed by atoms with Gasteiger partial charge in [0.05, 0.1) is 13.1 Å². The van der Waals surface area contributed by atoms with Crippen LogP contribution in [0.1, 0.15) is 48.1 Å². The van der Waals surface area contributed by atoms with E-state index in [0.29, 0.717) is 6.54 Å². The number of carbonyl (C=O) groups excluding carboxylic acids is 1. The van der Waals surface area contributed by atoms with Crippen molar-refractivity contribution in [1.82, 2.24) is 9.21 Å². The molecule has 1 fully saturated rings. The third-order valence-corrected chi connectivity index (χ3v) is 8.82. The number of nitrogens with zero attached hydrogens (tertiary/aromatic N) is 2. The lowest BCUT2D eigenvalue weighted by molar-refractivity contribution is -0.133. The molecule has 1 heterocycles. The molecule has 3 aromatic rings. The molecule has 190 valence electrons. The first kappa shape index (κ1) is 26.3. The number of thiophene rings is 1. The van der Waals surface area contributed by atoms with E-state index in [0.717, 1.165) is 48.1 Å². The minimum Gasteiger partial charge on any atom is -0.332 e. The lowest BCUT2D eigenvalue weighted by Crippen LogP contribution is -2.47. The molecule has 2 aromatic carbocycles. The van der Waals surface area contributed by atoms with Gasteiger partial charge in [0.25, 0.3) is 0 Å². The van der Waals surface area contributed by atoms with Crippen LogP contribution in [0.3, 0.4) is 0 Å². The summed E-state index contributed by atoms with van der Waals surface area (Å²) in [5.74, 6) is -0.607. The molecule has 5 nitrogen and oxygen atoms in total. The van der Waals surface area contributed by atoms with Crippen LogP contribution >= 0.6 is 11.3 Å². The molecular formula is C28H31FN2O3S2. The molecule has 0 aliphatic heterocycles. The standard InChI is InChI=1S/C28H31FN2O3S2/c29-25-15-13-24(14-16-25)20-30(21-27-12-7-18-35-27)28(32)22-31(26-10-5-2-6-11-26)36(33,34)19-17-23-8-3-1-4-9-23/h1,3-4,7-9,12-19,26H,2,5-6,10-11,20-22H2/b19-17+. The van der Waals surface area contributed by atoms with E-state index >= 15 is 0 Å². The van der Waals surface area contributed by atoms with E-state index in [4.69, 9.17) is 0 Å². The summed E-state index contributed by atoms with van der Waals surface area (Å²) in [6, 6.07) is 19.0. The van der Waals surface area contributed by atoms with Crippen LogP contribution in [0.5, 0.6) is 0 Å².